The Morgan fingerprint density at radius 1 is 1.55 bits per heavy atom. The quantitative estimate of drug-likeness (QED) is 0.790. The third-order valence-electron chi connectivity index (χ3n) is 2.40. The molecule has 1 amide bonds. The highest BCUT2D eigenvalue weighted by atomic mass is 32.2. The van der Waals surface area contributed by atoms with Gasteiger partial charge in [0.05, 0.1) is 24.4 Å². The zero-order valence-corrected chi connectivity index (χ0v) is 11.9. The molecule has 0 unspecified atom stereocenters. The number of nitrogens with one attached hydrogen (secondary N) is 1. The summed E-state index contributed by atoms with van der Waals surface area (Å²) in [7, 11) is -3.48. The molecular formula is C13H15N3O3S. The molecule has 1 N–H and O–H groups in total. The van der Waals surface area contributed by atoms with E-state index in [9.17, 15) is 13.2 Å². The number of nitrogens with zero attached hydrogens (tertiary/aromatic N) is 2. The van der Waals surface area contributed by atoms with Gasteiger partial charge in [-0.2, -0.15) is 9.57 Å². The van der Waals surface area contributed by atoms with E-state index in [0.717, 1.165) is 10.6 Å². The number of nitriles is 1. The van der Waals surface area contributed by atoms with Gasteiger partial charge in [-0.05, 0) is 18.2 Å². The Balaban J connectivity index is 2.76. The summed E-state index contributed by atoms with van der Waals surface area (Å²) in [6.07, 6.45) is 2.44. The molecule has 1 aromatic carbocycles. The average molecular weight is 293 g/mol. The van der Waals surface area contributed by atoms with Crippen molar-refractivity contribution in [1.82, 2.24) is 4.31 Å². The van der Waals surface area contributed by atoms with Crippen LogP contribution in [0.25, 0.3) is 0 Å². The van der Waals surface area contributed by atoms with Gasteiger partial charge in [0.15, 0.2) is 0 Å². The molecule has 0 aliphatic rings. The Kier molecular flexibility index (Phi) is 5.43. The van der Waals surface area contributed by atoms with Gasteiger partial charge >= 0.3 is 0 Å². The number of rotatable bonds is 6. The second kappa shape index (κ2) is 6.84. The summed E-state index contributed by atoms with van der Waals surface area (Å²) in [4.78, 5) is 11.8. The monoisotopic (exact) mass is 293 g/mol. The predicted molar refractivity (Wildman–Crippen MR) is 76.4 cm³/mol. The molecule has 0 saturated heterocycles. The third-order valence-corrected chi connectivity index (χ3v) is 3.61. The molecule has 0 saturated carbocycles. The molecule has 0 atom stereocenters. The number of anilines is 1. The maximum Gasteiger partial charge on any atom is 0.239 e. The molecular weight excluding hydrogens is 278 g/mol. The lowest BCUT2D eigenvalue weighted by Gasteiger charge is -2.17. The van der Waals surface area contributed by atoms with Crippen LogP contribution in [-0.4, -0.2) is 38.0 Å². The third kappa shape index (κ3) is 4.84. The van der Waals surface area contributed by atoms with E-state index in [4.69, 9.17) is 5.26 Å². The minimum absolute atomic E-state index is 0.0600. The van der Waals surface area contributed by atoms with Crippen LogP contribution in [0, 0.1) is 11.3 Å². The van der Waals surface area contributed by atoms with Crippen molar-refractivity contribution in [2.45, 2.75) is 0 Å². The Morgan fingerprint density at radius 3 is 2.80 bits per heavy atom. The van der Waals surface area contributed by atoms with E-state index in [1.165, 1.54) is 12.1 Å². The number of benzene rings is 1. The summed E-state index contributed by atoms with van der Waals surface area (Å²) in [5.41, 5.74) is 0.856. The van der Waals surface area contributed by atoms with Gasteiger partial charge in [-0.15, -0.1) is 6.58 Å². The van der Waals surface area contributed by atoms with Crippen LogP contribution in [0.5, 0.6) is 0 Å². The predicted octanol–water partition coefficient (Wildman–Crippen LogP) is 0.944. The first kappa shape index (κ1) is 15.9. The number of hydrogen-bond donors (Lipinski definition) is 1. The maximum atomic E-state index is 11.8. The van der Waals surface area contributed by atoms with Crippen LogP contribution in [0.3, 0.4) is 0 Å². The van der Waals surface area contributed by atoms with Crippen molar-refractivity contribution >= 4 is 21.6 Å². The number of carbonyl (C=O) groups is 1. The fourth-order valence-corrected chi connectivity index (χ4v) is 2.22. The number of sulfonamides is 1. The van der Waals surface area contributed by atoms with E-state index in [-0.39, 0.29) is 13.1 Å². The van der Waals surface area contributed by atoms with Crippen molar-refractivity contribution in [2.75, 3.05) is 24.7 Å². The average Bonchev–Trinajstić information content (AvgIpc) is 2.37. The SMILES string of the molecule is C=CCN(CC(=O)Nc1cccc(C#N)c1)S(C)(=O)=O. The van der Waals surface area contributed by atoms with E-state index in [1.807, 2.05) is 6.07 Å². The molecule has 0 aliphatic carbocycles. The van der Waals surface area contributed by atoms with E-state index in [1.54, 1.807) is 18.2 Å². The van der Waals surface area contributed by atoms with E-state index in [2.05, 4.69) is 11.9 Å². The molecule has 0 radical (unpaired) electrons. The molecule has 1 aromatic rings. The van der Waals surface area contributed by atoms with Crippen molar-refractivity contribution in [2.24, 2.45) is 0 Å². The molecule has 6 nitrogen and oxygen atoms in total. The minimum atomic E-state index is -3.48. The second-order valence-corrected chi connectivity index (χ2v) is 6.07. The van der Waals surface area contributed by atoms with Crippen LogP contribution in [-0.2, 0) is 14.8 Å². The summed E-state index contributed by atoms with van der Waals surface area (Å²) in [5.74, 6) is -0.479. The second-order valence-electron chi connectivity index (χ2n) is 4.08. The van der Waals surface area contributed by atoms with Crippen LogP contribution in [0.4, 0.5) is 5.69 Å². The molecule has 7 heteroatoms. The van der Waals surface area contributed by atoms with Gasteiger partial charge in [0, 0.05) is 12.2 Å². The summed E-state index contributed by atoms with van der Waals surface area (Å²) >= 11 is 0. The van der Waals surface area contributed by atoms with Crippen molar-refractivity contribution in [3.05, 3.63) is 42.5 Å². The summed E-state index contributed by atoms with van der Waals surface area (Å²) in [6.45, 7) is 3.21. The van der Waals surface area contributed by atoms with Gasteiger partial charge in [-0.1, -0.05) is 12.1 Å². The molecule has 0 bridgehead atoms. The van der Waals surface area contributed by atoms with E-state index < -0.39 is 15.9 Å². The van der Waals surface area contributed by atoms with Gasteiger partial charge in [0.25, 0.3) is 0 Å². The topological polar surface area (TPSA) is 90.3 Å². The van der Waals surface area contributed by atoms with Gasteiger partial charge in [-0.25, -0.2) is 8.42 Å². The number of amides is 1. The Hall–Kier alpha value is -2.17. The first-order valence-electron chi connectivity index (χ1n) is 5.73. The summed E-state index contributed by atoms with van der Waals surface area (Å²) in [5, 5.41) is 11.3. The molecule has 1 rings (SSSR count). The van der Waals surface area contributed by atoms with Gasteiger partial charge in [0.1, 0.15) is 0 Å². The first-order valence-corrected chi connectivity index (χ1v) is 7.57. The van der Waals surface area contributed by atoms with E-state index >= 15 is 0 Å². The molecule has 20 heavy (non-hydrogen) atoms. The zero-order chi connectivity index (χ0) is 15.2. The van der Waals surface area contributed by atoms with Crippen LogP contribution >= 0.6 is 0 Å². The van der Waals surface area contributed by atoms with Gasteiger partial charge in [-0.3, -0.25) is 4.79 Å². The van der Waals surface area contributed by atoms with Gasteiger partial charge in [0.2, 0.25) is 15.9 Å². The highest BCUT2D eigenvalue weighted by Gasteiger charge is 2.18. The van der Waals surface area contributed by atoms with Crippen LogP contribution in [0.15, 0.2) is 36.9 Å². The standard InChI is InChI=1S/C13H15N3O3S/c1-3-7-16(20(2,18)19)10-13(17)15-12-6-4-5-11(8-12)9-14/h3-6,8H,1,7,10H2,2H3,(H,15,17). The highest BCUT2D eigenvalue weighted by molar-refractivity contribution is 7.88. The van der Waals surface area contributed by atoms with Gasteiger partial charge < -0.3 is 5.32 Å². The van der Waals surface area contributed by atoms with Crippen molar-refractivity contribution in [1.29, 1.82) is 5.26 Å². The fourth-order valence-electron chi connectivity index (χ4n) is 1.49. The Bertz CT molecular complexity index is 647. The molecule has 106 valence electrons. The zero-order valence-electron chi connectivity index (χ0n) is 11.0. The van der Waals surface area contributed by atoms with Crippen LogP contribution < -0.4 is 5.32 Å². The number of carbonyl (C=O) groups excluding carboxylic acids is 1. The van der Waals surface area contributed by atoms with Crippen LogP contribution in [0.1, 0.15) is 5.56 Å². The molecule has 0 heterocycles. The Labute approximate surface area is 118 Å². The fraction of sp³-hybridized carbons (Fsp3) is 0.231. The maximum absolute atomic E-state index is 11.8. The lowest BCUT2D eigenvalue weighted by atomic mass is 10.2. The largest absolute Gasteiger partial charge is 0.325 e. The molecule has 0 aromatic heterocycles. The number of hydrogen-bond acceptors (Lipinski definition) is 4. The lowest BCUT2D eigenvalue weighted by Crippen LogP contribution is -2.37. The molecule has 0 fully saturated rings. The first-order chi connectivity index (χ1) is 9.36. The van der Waals surface area contributed by atoms with Crippen molar-refractivity contribution in [3.8, 4) is 6.07 Å². The van der Waals surface area contributed by atoms with Crippen LogP contribution in [0.2, 0.25) is 0 Å². The van der Waals surface area contributed by atoms with Crippen molar-refractivity contribution in [3.63, 3.8) is 0 Å². The summed E-state index contributed by atoms with van der Waals surface area (Å²) < 4.78 is 23.9. The highest BCUT2D eigenvalue weighted by Crippen LogP contribution is 2.10. The molecule has 0 spiro atoms. The lowest BCUT2D eigenvalue weighted by molar-refractivity contribution is -0.116. The summed E-state index contributed by atoms with van der Waals surface area (Å²) in [6, 6.07) is 8.33. The normalized spacial score (nSPS) is 10.8. The molecule has 0 aliphatic heterocycles. The van der Waals surface area contributed by atoms with Crippen molar-refractivity contribution < 1.29 is 13.2 Å². The van der Waals surface area contributed by atoms with E-state index in [0.29, 0.717) is 11.3 Å². The Morgan fingerprint density at radius 2 is 2.25 bits per heavy atom. The minimum Gasteiger partial charge on any atom is -0.325 e. The smallest absolute Gasteiger partial charge is 0.239 e.